The van der Waals surface area contributed by atoms with Gasteiger partial charge in [-0.2, -0.15) is 0 Å². The second-order valence-electron chi connectivity index (χ2n) is 3.68. The van der Waals surface area contributed by atoms with Crippen molar-refractivity contribution >= 4 is 0 Å². The average Bonchev–Trinajstić information content (AvgIpc) is 2.25. The van der Waals surface area contributed by atoms with Crippen molar-refractivity contribution in [2.45, 2.75) is 20.3 Å². The van der Waals surface area contributed by atoms with Gasteiger partial charge in [-0.3, -0.25) is 0 Å². The first kappa shape index (κ1) is 7.60. The summed E-state index contributed by atoms with van der Waals surface area (Å²) in [5.41, 5.74) is 5.89. The number of rotatable bonds is 1. The molecule has 2 aliphatic carbocycles. The summed E-state index contributed by atoms with van der Waals surface area (Å²) in [6.45, 7) is 8.27. The first-order valence-corrected chi connectivity index (χ1v) is 4.49. The summed E-state index contributed by atoms with van der Waals surface area (Å²) < 4.78 is 0. The van der Waals surface area contributed by atoms with Crippen LogP contribution in [0.3, 0.4) is 0 Å². The third-order valence-corrected chi connectivity index (χ3v) is 2.84. The van der Waals surface area contributed by atoms with E-state index in [2.05, 4.69) is 32.6 Å². The van der Waals surface area contributed by atoms with Gasteiger partial charge in [-0.05, 0) is 41.6 Å². The van der Waals surface area contributed by atoms with Crippen molar-refractivity contribution < 1.29 is 0 Å². The van der Waals surface area contributed by atoms with E-state index in [4.69, 9.17) is 0 Å². The van der Waals surface area contributed by atoms with Gasteiger partial charge in [0, 0.05) is 0 Å². The molecule has 0 radical (unpaired) electrons. The zero-order chi connectivity index (χ0) is 8.72. The maximum absolute atomic E-state index is 3.82. The highest BCUT2D eigenvalue weighted by Gasteiger charge is 2.29. The number of hydrogen-bond donors (Lipinski definition) is 0. The minimum Gasteiger partial charge on any atom is -0.0988 e. The second-order valence-corrected chi connectivity index (χ2v) is 3.68. The van der Waals surface area contributed by atoms with E-state index in [9.17, 15) is 0 Å². The fourth-order valence-electron chi connectivity index (χ4n) is 2.13. The average molecular weight is 158 g/mol. The van der Waals surface area contributed by atoms with Gasteiger partial charge in [-0.15, -0.1) is 0 Å². The molecule has 0 N–H and O–H groups in total. The first-order valence-electron chi connectivity index (χ1n) is 4.49. The van der Waals surface area contributed by atoms with Crippen molar-refractivity contribution in [3.05, 3.63) is 47.1 Å². The Balaban J connectivity index is 2.44. The summed E-state index contributed by atoms with van der Waals surface area (Å²) >= 11 is 0. The van der Waals surface area contributed by atoms with Gasteiger partial charge in [0.15, 0.2) is 0 Å². The summed E-state index contributed by atoms with van der Waals surface area (Å²) in [6, 6.07) is 0. The molecule has 1 saturated carbocycles. The van der Waals surface area contributed by atoms with E-state index in [-0.39, 0.29) is 0 Å². The highest BCUT2D eigenvalue weighted by molar-refractivity contribution is 5.64. The normalized spacial score (nSPS) is 30.0. The van der Waals surface area contributed by atoms with E-state index in [1.807, 2.05) is 6.08 Å². The Morgan fingerprint density at radius 3 is 2.75 bits per heavy atom. The van der Waals surface area contributed by atoms with Crippen LogP contribution in [0.25, 0.3) is 0 Å². The van der Waals surface area contributed by atoms with E-state index in [0.29, 0.717) is 5.92 Å². The van der Waals surface area contributed by atoms with Crippen molar-refractivity contribution in [3.63, 3.8) is 0 Å². The van der Waals surface area contributed by atoms with Crippen LogP contribution in [0.4, 0.5) is 0 Å². The maximum Gasteiger partial charge on any atom is -0.0141 e. The van der Waals surface area contributed by atoms with Crippen LogP contribution in [-0.2, 0) is 0 Å². The molecule has 1 atom stereocenters. The molecule has 0 aromatic carbocycles. The summed E-state index contributed by atoms with van der Waals surface area (Å²) in [7, 11) is 0. The van der Waals surface area contributed by atoms with Crippen molar-refractivity contribution in [3.8, 4) is 0 Å². The Hall–Kier alpha value is -1.04. The fraction of sp³-hybridized carbons (Fsp3) is 0.333. The Bertz CT molecular complexity index is 324. The number of hydrogen-bond acceptors (Lipinski definition) is 0. The van der Waals surface area contributed by atoms with E-state index < -0.39 is 0 Å². The fourth-order valence-corrected chi connectivity index (χ4v) is 2.13. The zero-order valence-corrected chi connectivity index (χ0v) is 7.72. The van der Waals surface area contributed by atoms with Gasteiger partial charge < -0.3 is 0 Å². The van der Waals surface area contributed by atoms with Gasteiger partial charge in [0.05, 0.1) is 0 Å². The Kier molecular flexibility index (Phi) is 1.57. The van der Waals surface area contributed by atoms with Gasteiger partial charge in [-0.1, -0.05) is 31.7 Å². The van der Waals surface area contributed by atoms with E-state index in [0.717, 1.165) is 0 Å². The van der Waals surface area contributed by atoms with Gasteiger partial charge in [0.2, 0.25) is 0 Å². The van der Waals surface area contributed by atoms with Crippen LogP contribution in [0, 0.1) is 5.92 Å². The summed E-state index contributed by atoms with van der Waals surface area (Å²) in [5, 5.41) is 0. The number of fused-ring (bicyclic) bond motifs is 1. The Labute approximate surface area is 74.0 Å². The standard InChI is InChI=1S/C12H14/c1-4-8(2)12-9(3)7-10-5-6-11(10)12/h4-6,9H,1,7H2,2-3H3/b12-8-/t9-/m0/s1. The van der Waals surface area contributed by atoms with Crippen LogP contribution >= 0.6 is 0 Å². The van der Waals surface area contributed by atoms with Crippen molar-refractivity contribution in [1.82, 2.24) is 0 Å². The molecule has 62 valence electrons. The molecule has 12 heavy (non-hydrogen) atoms. The lowest BCUT2D eigenvalue weighted by molar-refractivity contribution is 0.737. The van der Waals surface area contributed by atoms with Crippen LogP contribution in [0.5, 0.6) is 0 Å². The van der Waals surface area contributed by atoms with E-state index in [1.165, 1.54) is 23.1 Å². The number of allylic oxidation sites excluding steroid dienone is 7. The molecule has 0 heteroatoms. The second kappa shape index (κ2) is 2.48. The largest absolute Gasteiger partial charge is 0.0988 e. The predicted molar refractivity (Wildman–Crippen MR) is 52.8 cm³/mol. The topological polar surface area (TPSA) is 0 Å². The molecule has 0 bridgehead atoms. The third kappa shape index (κ3) is 0.842. The molecule has 0 aromatic heterocycles. The lowest BCUT2D eigenvalue weighted by Gasteiger charge is -2.11. The van der Waals surface area contributed by atoms with Crippen LogP contribution in [0.15, 0.2) is 47.1 Å². The van der Waals surface area contributed by atoms with Crippen LogP contribution in [0.1, 0.15) is 20.3 Å². The van der Waals surface area contributed by atoms with Gasteiger partial charge >= 0.3 is 0 Å². The van der Waals surface area contributed by atoms with Crippen molar-refractivity contribution in [1.29, 1.82) is 0 Å². The molecule has 0 amide bonds. The van der Waals surface area contributed by atoms with Crippen molar-refractivity contribution in [2.75, 3.05) is 0 Å². The lowest BCUT2D eigenvalue weighted by atomic mass is 9.93. The third-order valence-electron chi connectivity index (χ3n) is 2.84. The minimum absolute atomic E-state index is 0.697. The first-order chi connectivity index (χ1) is 5.74. The van der Waals surface area contributed by atoms with Gasteiger partial charge in [0.25, 0.3) is 0 Å². The van der Waals surface area contributed by atoms with Crippen molar-refractivity contribution in [2.24, 2.45) is 5.92 Å². The summed E-state index contributed by atoms with van der Waals surface area (Å²) in [5.74, 6) is 0.697. The maximum atomic E-state index is 3.82. The molecule has 0 saturated heterocycles. The van der Waals surface area contributed by atoms with Gasteiger partial charge in [0.1, 0.15) is 0 Å². The highest BCUT2D eigenvalue weighted by Crippen LogP contribution is 2.45. The van der Waals surface area contributed by atoms with Crippen LogP contribution in [-0.4, -0.2) is 0 Å². The van der Waals surface area contributed by atoms with E-state index >= 15 is 0 Å². The summed E-state index contributed by atoms with van der Waals surface area (Å²) in [4.78, 5) is 0. The molecule has 0 heterocycles. The zero-order valence-electron chi connectivity index (χ0n) is 7.72. The highest BCUT2D eigenvalue weighted by atomic mass is 14.3. The molecule has 0 spiro atoms. The Morgan fingerprint density at radius 2 is 2.33 bits per heavy atom. The smallest absolute Gasteiger partial charge is 0.0141 e. The van der Waals surface area contributed by atoms with E-state index in [1.54, 1.807) is 5.57 Å². The minimum atomic E-state index is 0.697. The molecular formula is C12H14. The molecule has 0 nitrogen and oxygen atoms in total. The summed E-state index contributed by atoms with van der Waals surface area (Å²) in [6.07, 6.45) is 7.65. The molecule has 0 aromatic rings. The van der Waals surface area contributed by atoms with Gasteiger partial charge in [-0.25, -0.2) is 0 Å². The molecule has 0 aliphatic heterocycles. The SMILES string of the molecule is C=C/C(C)=C1\C2=CC=C2C[C@@H]1C. The molecule has 2 rings (SSSR count). The molecule has 0 unspecified atom stereocenters. The quantitative estimate of drug-likeness (QED) is 0.548. The lowest BCUT2D eigenvalue weighted by Crippen LogP contribution is -1.94. The Morgan fingerprint density at radius 1 is 1.58 bits per heavy atom. The predicted octanol–water partition coefficient (Wildman–Crippen LogP) is 3.40. The van der Waals surface area contributed by atoms with Crippen LogP contribution in [0.2, 0.25) is 0 Å². The molecular weight excluding hydrogens is 144 g/mol. The monoisotopic (exact) mass is 158 g/mol. The molecule has 2 aliphatic rings. The van der Waals surface area contributed by atoms with Crippen LogP contribution < -0.4 is 0 Å². The molecule has 1 fully saturated rings.